The zero-order chi connectivity index (χ0) is 25.5. The summed E-state index contributed by atoms with van der Waals surface area (Å²) in [5, 5.41) is 1.59. The highest BCUT2D eigenvalue weighted by Crippen LogP contribution is 2.45. The Hall–Kier alpha value is -4.20. The molecule has 0 aliphatic carbocycles. The van der Waals surface area contributed by atoms with Crippen LogP contribution in [0.5, 0.6) is 0 Å². The summed E-state index contributed by atoms with van der Waals surface area (Å²) in [5.41, 5.74) is 3.07. The van der Waals surface area contributed by atoms with Crippen LogP contribution in [0.1, 0.15) is 21.5 Å². The minimum atomic E-state index is -3.09. The van der Waals surface area contributed by atoms with E-state index in [4.69, 9.17) is 0 Å². The topological polar surface area (TPSA) is 37.4 Å². The Balaban J connectivity index is 1.64. The lowest BCUT2D eigenvalue weighted by atomic mass is 10.0. The van der Waals surface area contributed by atoms with Crippen LogP contribution < -0.4 is 15.5 Å². The molecule has 0 aromatic heterocycles. The fraction of sp³-hybridized carbons (Fsp3) is 0.0606. The Morgan fingerprint density at radius 2 is 1.03 bits per heavy atom. The molecule has 0 saturated heterocycles. The van der Waals surface area contributed by atoms with E-state index in [9.17, 15) is 4.79 Å². The highest BCUT2D eigenvalue weighted by Gasteiger charge is 2.31. The summed E-state index contributed by atoms with van der Waals surface area (Å²) in [6.07, 6.45) is 0.259. The van der Waals surface area contributed by atoms with E-state index in [2.05, 4.69) is 17.0 Å². The molecule has 5 rings (SSSR count). The highest BCUT2D eigenvalue weighted by atomic mass is 31.2. The summed E-state index contributed by atoms with van der Waals surface area (Å²) in [4.78, 5) is 15.7. The predicted molar refractivity (Wildman–Crippen MR) is 154 cm³/mol. The van der Waals surface area contributed by atoms with Crippen molar-refractivity contribution in [3.63, 3.8) is 0 Å². The van der Waals surface area contributed by atoms with Crippen LogP contribution >= 0.6 is 7.14 Å². The molecule has 0 atom stereocenters. The number of para-hydroxylation sites is 1. The molecule has 0 saturated carbocycles. The van der Waals surface area contributed by atoms with E-state index >= 15 is 4.57 Å². The molecule has 0 N–H and O–H groups in total. The number of nitrogens with zero attached hydrogens (tertiary/aromatic N) is 1. The third-order valence-corrected chi connectivity index (χ3v) is 9.46. The number of benzene rings is 5. The second-order valence-electron chi connectivity index (χ2n) is 8.95. The molecule has 182 valence electrons. The lowest BCUT2D eigenvalue weighted by molar-refractivity contribution is 0.103. The number of carbonyl (C=O) groups excluding carboxylic acids is 1. The van der Waals surface area contributed by atoms with Gasteiger partial charge in [0.2, 0.25) is 0 Å². The van der Waals surface area contributed by atoms with Crippen molar-refractivity contribution in [2.45, 2.75) is 6.54 Å². The predicted octanol–water partition coefficient (Wildman–Crippen LogP) is 6.90. The summed E-state index contributed by atoms with van der Waals surface area (Å²) >= 11 is 0. The number of hydrogen-bond acceptors (Lipinski definition) is 3. The Morgan fingerprint density at radius 1 is 0.568 bits per heavy atom. The molecule has 0 spiro atoms. The van der Waals surface area contributed by atoms with E-state index in [0.29, 0.717) is 17.7 Å². The van der Waals surface area contributed by atoms with E-state index in [1.807, 2.05) is 133 Å². The van der Waals surface area contributed by atoms with Crippen molar-refractivity contribution >= 4 is 29.2 Å². The summed E-state index contributed by atoms with van der Waals surface area (Å²) in [6.45, 7) is 0.517. The Kier molecular flexibility index (Phi) is 7.44. The van der Waals surface area contributed by atoms with Gasteiger partial charge in [-0.1, -0.05) is 133 Å². The van der Waals surface area contributed by atoms with E-state index in [1.54, 1.807) is 0 Å². The molecule has 0 unspecified atom stereocenters. The van der Waals surface area contributed by atoms with Gasteiger partial charge in [-0.3, -0.25) is 4.79 Å². The van der Waals surface area contributed by atoms with Crippen LogP contribution in [0, 0.1) is 0 Å². The van der Waals surface area contributed by atoms with Crippen molar-refractivity contribution in [2.24, 2.45) is 0 Å². The highest BCUT2D eigenvalue weighted by molar-refractivity contribution is 7.78. The molecule has 0 radical (unpaired) electrons. The molecular formula is C33H28NO2P. The van der Waals surface area contributed by atoms with Crippen molar-refractivity contribution in [3.8, 4) is 0 Å². The van der Waals surface area contributed by atoms with Gasteiger partial charge in [0, 0.05) is 34.0 Å². The van der Waals surface area contributed by atoms with Gasteiger partial charge in [0.1, 0.15) is 0 Å². The van der Waals surface area contributed by atoms with Crippen molar-refractivity contribution < 1.29 is 9.36 Å². The van der Waals surface area contributed by atoms with Gasteiger partial charge in [0.15, 0.2) is 12.9 Å². The van der Waals surface area contributed by atoms with Crippen molar-refractivity contribution in [3.05, 3.63) is 162 Å². The smallest absolute Gasteiger partial charge is 0.195 e. The molecule has 5 aromatic carbocycles. The van der Waals surface area contributed by atoms with Crippen LogP contribution in [-0.2, 0) is 11.1 Å². The molecule has 0 fully saturated rings. The summed E-state index contributed by atoms with van der Waals surface area (Å²) in [6, 6.07) is 46.4. The monoisotopic (exact) mass is 501 g/mol. The average Bonchev–Trinajstić information content (AvgIpc) is 2.98. The summed E-state index contributed by atoms with van der Waals surface area (Å²) in [7, 11) is -3.09. The minimum absolute atomic E-state index is 0.0523. The molecule has 0 bridgehead atoms. The van der Waals surface area contributed by atoms with Crippen LogP contribution in [0.2, 0.25) is 0 Å². The van der Waals surface area contributed by atoms with Gasteiger partial charge in [-0.2, -0.15) is 0 Å². The van der Waals surface area contributed by atoms with Crippen LogP contribution in [0.4, 0.5) is 5.69 Å². The molecule has 4 heteroatoms. The molecule has 5 aromatic rings. The van der Waals surface area contributed by atoms with Crippen LogP contribution in [0.25, 0.3) is 0 Å². The van der Waals surface area contributed by atoms with E-state index < -0.39 is 7.14 Å². The second kappa shape index (κ2) is 11.2. The number of carbonyl (C=O) groups is 1. The third-order valence-electron chi connectivity index (χ3n) is 6.46. The molecule has 0 amide bonds. The summed E-state index contributed by atoms with van der Waals surface area (Å²) < 4.78 is 15.0. The first kappa shape index (κ1) is 24.5. The average molecular weight is 502 g/mol. The first-order chi connectivity index (χ1) is 18.1. The van der Waals surface area contributed by atoms with Gasteiger partial charge in [-0.05, 0) is 17.7 Å². The van der Waals surface area contributed by atoms with Crippen molar-refractivity contribution in [1.29, 1.82) is 0 Å². The number of anilines is 1. The zero-order valence-corrected chi connectivity index (χ0v) is 21.4. The number of rotatable bonds is 9. The SMILES string of the molecule is O=C(c1ccccc1)c1ccccc1N(Cc1ccccc1)CP(=O)(c1ccccc1)c1ccccc1. The van der Waals surface area contributed by atoms with Gasteiger partial charge in [0.25, 0.3) is 0 Å². The molecule has 3 nitrogen and oxygen atoms in total. The lowest BCUT2D eigenvalue weighted by Gasteiger charge is -2.32. The second-order valence-corrected chi connectivity index (χ2v) is 11.7. The van der Waals surface area contributed by atoms with Gasteiger partial charge in [-0.15, -0.1) is 0 Å². The van der Waals surface area contributed by atoms with E-state index in [-0.39, 0.29) is 12.1 Å². The van der Waals surface area contributed by atoms with Crippen molar-refractivity contribution in [2.75, 3.05) is 11.2 Å². The maximum atomic E-state index is 15.0. The van der Waals surface area contributed by atoms with E-state index in [0.717, 1.165) is 21.9 Å². The Labute approximate surface area is 218 Å². The van der Waals surface area contributed by atoms with Crippen LogP contribution in [0.3, 0.4) is 0 Å². The third kappa shape index (κ3) is 5.48. The fourth-order valence-electron chi connectivity index (χ4n) is 4.59. The molecular weight excluding hydrogens is 473 g/mol. The first-order valence-corrected chi connectivity index (χ1v) is 14.2. The fourth-order valence-corrected chi connectivity index (χ4v) is 7.26. The number of hydrogen-bond donors (Lipinski definition) is 0. The minimum Gasteiger partial charge on any atom is -0.359 e. The van der Waals surface area contributed by atoms with Crippen molar-refractivity contribution in [1.82, 2.24) is 0 Å². The number of ketones is 1. The lowest BCUT2D eigenvalue weighted by Crippen LogP contribution is -2.31. The molecule has 0 heterocycles. The molecule has 0 aliphatic heterocycles. The van der Waals surface area contributed by atoms with Gasteiger partial charge < -0.3 is 9.46 Å². The van der Waals surface area contributed by atoms with E-state index in [1.165, 1.54) is 0 Å². The summed E-state index contributed by atoms with van der Waals surface area (Å²) in [5.74, 6) is -0.0523. The maximum Gasteiger partial charge on any atom is 0.195 e. The van der Waals surface area contributed by atoms with Crippen LogP contribution in [-0.4, -0.2) is 12.1 Å². The van der Waals surface area contributed by atoms with Crippen LogP contribution in [0.15, 0.2) is 146 Å². The Morgan fingerprint density at radius 3 is 1.59 bits per heavy atom. The van der Waals surface area contributed by atoms with Gasteiger partial charge in [0.05, 0.1) is 6.29 Å². The Bertz CT molecular complexity index is 1460. The zero-order valence-electron chi connectivity index (χ0n) is 20.5. The quantitative estimate of drug-likeness (QED) is 0.163. The molecule has 0 aliphatic rings. The van der Waals surface area contributed by atoms with Gasteiger partial charge >= 0.3 is 0 Å². The largest absolute Gasteiger partial charge is 0.359 e. The first-order valence-electron chi connectivity index (χ1n) is 12.3. The standard InChI is InChI=1S/C33H28NO2P/c35-33(28-17-7-2-8-18-28)31-23-13-14-24-32(31)34(25-27-15-5-1-6-16-27)26-37(36,29-19-9-3-10-20-29)30-21-11-4-12-22-30/h1-24H,25-26H2. The normalized spacial score (nSPS) is 11.1. The maximum absolute atomic E-state index is 15.0. The van der Waals surface area contributed by atoms with Gasteiger partial charge in [-0.25, -0.2) is 0 Å². The molecule has 37 heavy (non-hydrogen) atoms.